The minimum Gasteiger partial charge on any atom is -0.462 e. The highest BCUT2D eigenvalue weighted by atomic mass is 16.6. The molecule has 0 spiro atoms. The molecule has 0 rings (SSSR count). The first kappa shape index (κ1) is 52.4. The molecule has 0 unspecified atom stereocenters. The topological polar surface area (TPSA) is 78.9 Å². The first-order chi connectivity index (χ1) is 26.1. The van der Waals surface area contributed by atoms with Crippen molar-refractivity contribution in [2.75, 3.05) is 13.2 Å². The summed E-state index contributed by atoms with van der Waals surface area (Å²) < 4.78 is 16.7. The fraction of sp³-hybridized carbons (Fsp3) is 0.938. The van der Waals surface area contributed by atoms with E-state index in [-0.39, 0.29) is 31.1 Å². The third-order valence-corrected chi connectivity index (χ3v) is 10.6. The van der Waals surface area contributed by atoms with Crippen LogP contribution in [0.4, 0.5) is 0 Å². The number of rotatable bonds is 41. The zero-order valence-corrected chi connectivity index (χ0v) is 37.0. The van der Waals surface area contributed by atoms with E-state index in [1.165, 1.54) is 135 Å². The van der Waals surface area contributed by atoms with Gasteiger partial charge < -0.3 is 14.2 Å². The molecule has 0 amide bonds. The summed E-state index contributed by atoms with van der Waals surface area (Å²) in [6, 6.07) is 0. The molecular formula is C48H92O6. The van der Waals surface area contributed by atoms with E-state index in [9.17, 15) is 14.4 Å². The minimum atomic E-state index is -0.762. The SMILES string of the molecule is CC(C)CCCCCCCCCCCCCC(=O)O[C@@H](COC(=O)CCCCCCCCCCCC(C)C)COC(=O)CCCCCCCCCC(C)C. The fourth-order valence-electron chi connectivity index (χ4n) is 7.06. The largest absolute Gasteiger partial charge is 0.462 e. The summed E-state index contributed by atoms with van der Waals surface area (Å²) in [5, 5.41) is 0. The van der Waals surface area contributed by atoms with Crippen LogP contribution < -0.4 is 0 Å². The van der Waals surface area contributed by atoms with Gasteiger partial charge in [-0.2, -0.15) is 0 Å². The van der Waals surface area contributed by atoms with E-state index in [0.29, 0.717) is 19.3 Å². The Hall–Kier alpha value is -1.59. The van der Waals surface area contributed by atoms with Gasteiger partial charge in [-0.3, -0.25) is 14.4 Å². The number of hydrogen-bond acceptors (Lipinski definition) is 6. The molecule has 6 heteroatoms. The molecule has 0 radical (unpaired) electrons. The summed E-state index contributed by atoms with van der Waals surface area (Å²) in [6.07, 6.45) is 36.7. The van der Waals surface area contributed by atoms with Crippen molar-refractivity contribution in [3.63, 3.8) is 0 Å². The van der Waals surface area contributed by atoms with Crippen LogP contribution in [-0.4, -0.2) is 37.2 Å². The summed E-state index contributed by atoms with van der Waals surface area (Å²) in [4.78, 5) is 37.7. The Morgan fingerprint density at radius 3 is 0.796 bits per heavy atom. The van der Waals surface area contributed by atoms with Crippen molar-refractivity contribution in [2.45, 2.75) is 260 Å². The Balaban J connectivity index is 4.34. The zero-order valence-electron chi connectivity index (χ0n) is 37.0. The van der Waals surface area contributed by atoms with Gasteiger partial charge in [0.05, 0.1) is 0 Å². The quantitative estimate of drug-likeness (QED) is 0.0350. The van der Waals surface area contributed by atoms with Crippen molar-refractivity contribution >= 4 is 17.9 Å². The molecule has 1 atom stereocenters. The maximum atomic E-state index is 12.7. The van der Waals surface area contributed by atoms with E-state index >= 15 is 0 Å². The lowest BCUT2D eigenvalue weighted by molar-refractivity contribution is -0.167. The number of hydrogen-bond donors (Lipinski definition) is 0. The van der Waals surface area contributed by atoms with Gasteiger partial charge in [-0.15, -0.1) is 0 Å². The Labute approximate surface area is 336 Å². The first-order valence-corrected chi connectivity index (χ1v) is 23.6. The Kier molecular flexibility index (Phi) is 38.5. The number of carbonyl (C=O) groups is 3. The number of unbranched alkanes of at least 4 members (excludes halogenated alkanes) is 24. The van der Waals surface area contributed by atoms with Crippen molar-refractivity contribution in [2.24, 2.45) is 17.8 Å². The molecule has 0 heterocycles. The summed E-state index contributed by atoms with van der Waals surface area (Å²) in [7, 11) is 0. The highest BCUT2D eigenvalue weighted by molar-refractivity contribution is 5.71. The molecule has 0 aliphatic rings. The molecule has 0 aromatic carbocycles. The maximum Gasteiger partial charge on any atom is 0.306 e. The van der Waals surface area contributed by atoms with E-state index in [0.717, 1.165) is 75.5 Å². The average Bonchev–Trinajstić information content (AvgIpc) is 3.12. The van der Waals surface area contributed by atoms with Gasteiger partial charge >= 0.3 is 17.9 Å². The second kappa shape index (κ2) is 39.6. The lowest BCUT2D eigenvalue weighted by Gasteiger charge is -2.18. The monoisotopic (exact) mass is 765 g/mol. The number of esters is 3. The van der Waals surface area contributed by atoms with E-state index in [4.69, 9.17) is 14.2 Å². The Bertz CT molecular complexity index is 837. The second-order valence-corrected chi connectivity index (χ2v) is 17.8. The van der Waals surface area contributed by atoms with Crippen LogP contribution in [0.5, 0.6) is 0 Å². The van der Waals surface area contributed by atoms with Crippen molar-refractivity contribution in [1.82, 2.24) is 0 Å². The van der Waals surface area contributed by atoms with Gasteiger partial charge in [-0.05, 0) is 37.0 Å². The third kappa shape index (κ3) is 41.6. The lowest BCUT2D eigenvalue weighted by atomic mass is 10.0. The Morgan fingerprint density at radius 1 is 0.315 bits per heavy atom. The molecule has 0 aliphatic carbocycles. The highest BCUT2D eigenvalue weighted by Gasteiger charge is 2.19. The van der Waals surface area contributed by atoms with E-state index in [2.05, 4.69) is 41.5 Å². The van der Waals surface area contributed by atoms with Crippen molar-refractivity contribution in [3.05, 3.63) is 0 Å². The molecule has 0 fully saturated rings. The van der Waals surface area contributed by atoms with Crippen LogP contribution in [0.3, 0.4) is 0 Å². The molecule has 0 aromatic heterocycles. The van der Waals surface area contributed by atoms with Crippen LogP contribution in [0.25, 0.3) is 0 Å². The molecule has 6 nitrogen and oxygen atoms in total. The molecule has 0 saturated carbocycles. The molecule has 320 valence electrons. The van der Waals surface area contributed by atoms with E-state index in [1.807, 2.05) is 0 Å². The van der Waals surface area contributed by atoms with Crippen molar-refractivity contribution in [1.29, 1.82) is 0 Å². The standard InChI is InChI=1S/C48H92O6/c1-42(2)34-28-22-16-11-8-7-9-13-20-27-33-39-48(51)54-45(41-53-47(50)38-32-26-21-15-18-24-30-36-44(5)6)40-52-46(49)37-31-25-19-14-10-12-17-23-29-35-43(3)4/h42-45H,7-41H2,1-6H3/t45-/m0/s1. The summed E-state index contributed by atoms with van der Waals surface area (Å²) >= 11 is 0. The average molecular weight is 765 g/mol. The second-order valence-electron chi connectivity index (χ2n) is 17.8. The smallest absolute Gasteiger partial charge is 0.306 e. The van der Waals surface area contributed by atoms with Gasteiger partial charge in [0.25, 0.3) is 0 Å². The lowest BCUT2D eigenvalue weighted by Crippen LogP contribution is -2.30. The number of carbonyl (C=O) groups excluding carboxylic acids is 3. The first-order valence-electron chi connectivity index (χ1n) is 23.6. The van der Waals surface area contributed by atoms with Crippen LogP contribution in [0.1, 0.15) is 253 Å². The molecule has 0 bridgehead atoms. The van der Waals surface area contributed by atoms with Gasteiger partial charge in [0.2, 0.25) is 0 Å². The van der Waals surface area contributed by atoms with Gasteiger partial charge in [0.1, 0.15) is 13.2 Å². The van der Waals surface area contributed by atoms with E-state index < -0.39 is 6.10 Å². The van der Waals surface area contributed by atoms with Crippen molar-refractivity contribution in [3.8, 4) is 0 Å². The highest BCUT2D eigenvalue weighted by Crippen LogP contribution is 2.17. The van der Waals surface area contributed by atoms with Crippen molar-refractivity contribution < 1.29 is 28.6 Å². The molecule has 0 aliphatic heterocycles. The van der Waals surface area contributed by atoms with Crippen LogP contribution in [0.2, 0.25) is 0 Å². The van der Waals surface area contributed by atoms with Gasteiger partial charge in [-0.25, -0.2) is 0 Å². The predicted octanol–water partition coefficient (Wildman–Crippen LogP) is 14.8. The maximum absolute atomic E-state index is 12.7. The van der Waals surface area contributed by atoms with Gasteiger partial charge in [0, 0.05) is 19.3 Å². The zero-order chi connectivity index (χ0) is 39.9. The molecule has 54 heavy (non-hydrogen) atoms. The molecule has 0 saturated heterocycles. The summed E-state index contributed by atoms with van der Waals surface area (Å²) in [5.41, 5.74) is 0. The van der Waals surface area contributed by atoms with E-state index in [1.54, 1.807) is 0 Å². The molecular weight excluding hydrogens is 673 g/mol. The number of ether oxygens (including phenoxy) is 3. The molecule has 0 N–H and O–H groups in total. The molecule has 0 aromatic rings. The van der Waals surface area contributed by atoms with Crippen LogP contribution in [-0.2, 0) is 28.6 Å². The predicted molar refractivity (Wildman–Crippen MR) is 229 cm³/mol. The minimum absolute atomic E-state index is 0.0663. The summed E-state index contributed by atoms with van der Waals surface area (Å²) in [6.45, 7) is 13.6. The van der Waals surface area contributed by atoms with Crippen LogP contribution in [0, 0.1) is 17.8 Å². The van der Waals surface area contributed by atoms with Gasteiger partial charge in [0.15, 0.2) is 6.10 Å². The normalized spacial score (nSPS) is 12.2. The summed E-state index contributed by atoms with van der Waals surface area (Å²) in [5.74, 6) is 1.55. The van der Waals surface area contributed by atoms with Crippen LogP contribution in [0.15, 0.2) is 0 Å². The van der Waals surface area contributed by atoms with Crippen LogP contribution >= 0.6 is 0 Å². The Morgan fingerprint density at radius 2 is 0.537 bits per heavy atom. The fourth-order valence-corrected chi connectivity index (χ4v) is 7.06. The van der Waals surface area contributed by atoms with Gasteiger partial charge in [-0.1, -0.05) is 215 Å². The third-order valence-electron chi connectivity index (χ3n) is 10.6.